The Kier molecular flexibility index (Phi) is 4.57. The first-order chi connectivity index (χ1) is 10.6. The highest BCUT2D eigenvalue weighted by Crippen LogP contribution is 2.21. The minimum absolute atomic E-state index is 0.0224. The average molecular weight is 303 g/mol. The molecule has 6 heteroatoms. The van der Waals surface area contributed by atoms with Crippen LogP contribution in [0, 0.1) is 5.92 Å². The fourth-order valence-corrected chi connectivity index (χ4v) is 3.34. The van der Waals surface area contributed by atoms with Crippen LogP contribution in [0.4, 0.5) is 5.82 Å². The van der Waals surface area contributed by atoms with Gasteiger partial charge in [-0.05, 0) is 50.7 Å². The predicted octanol–water partition coefficient (Wildman–Crippen LogP) is 1.28. The Hall–Kier alpha value is -1.69. The summed E-state index contributed by atoms with van der Waals surface area (Å²) in [4.78, 5) is 16.7. The third-order valence-corrected chi connectivity index (χ3v) is 4.79. The summed E-state index contributed by atoms with van der Waals surface area (Å²) < 4.78 is 0. The summed E-state index contributed by atoms with van der Waals surface area (Å²) in [5.74, 6) is 1.24. The molecule has 1 aromatic heterocycles. The molecule has 120 valence electrons. The Bertz CT molecular complexity index is 510. The molecule has 0 spiro atoms. The van der Waals surface area contributed by atoms with Crippen molar-refractivity contribution in [2.45, 2.75) is 38.6 Å². The zero-order valence-electron chi connectivity index (χ0n) is 13.2. The van der Waals surface area contributed by atoms with Crippen LogP contribution >= 0.6 is 0 Å². The van der Waals surface area contributed by atoms with Gasteiger partial charge in [0.1, 0.15) is 0 Å². The van der Waals surface area contributed by atoms with Crippen molar-refractivity contribution in [3.63, 3.8) is 0 Å². The van der Waals surface area contributed by atoms with Crippen LogP contribution in [0.2, 0.25) is 0 Å². The van der Waals surface area contributed by atoms with Crippen LogP contribution in [-0.4, -0.2) is 53.2 Å². The van der Waals surface area contributed by atoms with Crippen molar-refractivity contribution in [2.75, 3.05) is 31.1 Å². The highest BCUT2D eigenvalue weighted by atomic mass is 16.2. The van der Waals surface area contributed by atoms with E-state index in [-0.39, 0.29) is 11.9 Å². The molecular weight excluding hydrogens is 278 g/mol. The predicted molar refractivity (Wildman–Crippen MR) is 85.8 cm³/mol. The number of carbonyl (C=O) groups excluding carboxylic acids is 1. The van der Waals surface area contributed by atoms with E-state index in [0.29, 0.717) is 11.6 Å². The summed E-state index contributed by atoms with van der Waals surface area (Å²) in [6.07, 6.45) is 4.52. The summed E-state index contributed by atoms with van der Waals surface area (Å²) in [5, 5.41) is 8.39. The third-order valence-electron chi connectivity index (χ3n) is 4.79. The van der Waals surface area contributed by atoms with Crippen LogP contribution in [0.5, 0.6) is 0 Å². The Labute approximate surface area is 131 Å². The Morgan fingerprint density at radius 2 is 2.00 bits per heavy atom. The van der Waals surface area contributed by atoms with Crippen LogP contribution in [0.25, 0.3) is 0 Å². The van der Waals surface area contributed by atoms with E-state index < -0.39 is 0 Å². The fraction of sp³-hybridized carbons (Fsp3) is 0.688. The Morgan fingerprint density at radius 3 is 2.64 bits per heavy atom. The van der Waals surface area contributed by atoms with Crippen molar-refractivity contribution in [2.24, 2.45) is 11.7 Å². The maximum absolute atomic E-state index is 12.6. The van der Waals surface area contributed by atoms with Crippen molar-refractivity contribution in [3.05, 3.63) is 17.8 Å². The Balaban J connectivity index is 1.66. The standard InChI is InChI=1S/C16H25N5O/c1-12(17)13-5-4-10-21(11-13)16(22)14-6-7-15(19-18-14)20-8-2-3-9-20/h6-7,12-13H,2-5,8-11,17H2,1H3/t12-,13-/m1/s1. The Morgan fingerprint density at radius 1 is 1.23 bits per heavy atom. The summed E-state index contributed by atoms with van der Waals surface area (Å²) in [6.45, 7) is 5.60. The van der Waals surface area contributed by atoms with Crippen molar-refractivity contribution < 1.29 is 4.79 Å². The van der Waals surface area contributed by atoms with Crippen LogP contribution in [0.15, 0.2) is 12.1 Å². The van der Waals surface area contributed by atoms with Gasteiger partial charge in [-0.2, -0.15) is 0 Å². The minimum Gasteiger partial charge on any atom is -0.355 e. The maximum atomic E-state index is 12.6. The molecule has 2 aliphatic heterocycles. The molecule has 2 saturated heterocycles. The molecule has 2 atom stereocenters. The van der Waals surface area contributed by atoms with Crippen LogP contribution in [0.1, 0.15) is 43.1 Å². The normalized spacial score (nSPS) is 23.6. The van der Waals surface area contributed by atoms with E-state index in [1.807, 2.05) is 17.9 Å². The van der Waals surface area contributed by atoms with Crippen molar-refractivity contribution in [3.8, 4) is 0 Å². The number of anilines is 1. The van der Waals surface area contributed by atoms with Gasteiger partial charge in [0.25, 0.3) is 5.91 Å². The quantitative estimate of drug-likeness (QED) is 0.910. The van der Waals surface area contributed by atoms with Crippen LogP contribution in [-0.2, 0) is 0 Å². The van der Waals surface area contributed by atoms with Crippen molar-refractivity contribution >= 4 is 11.7 Å². The first-order valence-electron chi connectivity index (χ1n) is 8.28. The summed E-state index contributed by atoms with van der Waals surface area (Å²) in [6, 6.07) is 3.84. The average Bonchev–Trinajstić information content (AvgIpc) is 3.09. The van der Waals surface area contributed by atoms with E-state index in [1.165, 1.54) is 12.8 Å². The van der Waals surface area contributed by atoms with Gasteiger partial charge in [-0.3, -0.25) is 4.79 Å². The van der Waals surface area contributed by atoms with Gasteiger partial charge in [-0.25, -0.2) is 0 Å². The monoisotopic (exact) mass is 303 g/mol. The van der Waals surface area contributed by atoms with Gasteiger partial charge in [0.2, 0.25) is 0 Å². The number of hydrogen-bond acceptors (Lipinski definition) is 5. The van der Waals surface area contributed by atoms with E-state index in [4.69, 9.17) is 5.73 Å². The van der Waals surface area contributed by atoms with Crippen molar-refractivity contribution in [1.29, 1.82) is 0 Å². The largest absolute Gasteiger partial charge is 0.355 e. The molecule has 3 heterocycles. The number of amides is 1. The van der Waals surface area contributed by atoms with Gasteiger partial charge in [0.05, 0.1) is 0 Å². The fourth-order valence-electron chi connectivity index (χ4n) is 3.34. The van der Waals surface area contributed by atoms with E-state index in [2.05, 4.69) is 15.1 Å². The van der Waals surface area contributed by atoms with E-state index >= 15 is 0 Å². The zero-order valence-corrected chi connectivity index (χ0v) is 13.2. The molecular formula is C16H25N5O. The minimum atomic E-state index is -0.0224. The number of hydrogen-bond donors (Lipinski definition) is 1. The number of nitrogens with two attached hydrogens (primary N) is 1. The van der Waals surface area contributed by atoms with Crippen molar-refractivity contribution in [1.82, 2.24) is 15.1 Å². The number of nitrogens with zero attached hydrogens (tertiary/aromatic N) is 4. The molecule has 0 saturated carbocycles. The molecule has 3 rings (SSSR count). The summed E-state index contributed by atoms with van der Waals surface area (Å²) >= 11 is 0. The molecule has 0 aromatic carbocycles. The number of likely N-dealkylation sites (tertiary alicyclic amines) is 1. The lowest BCUT2D eigenvalue weighted by atomic mass is 9.92. The number of aromatic nitrogens is 2. The highest BCUT2D eigenvalue weighted by Gasteiger charge is 2.27. The number of piperidine rings is 1. The third kappa shape index (κ3) is 3.21. The molecule has 1 amide bonds. The lowest BCUT2D eigenvalue weighted by Crippen LogP contribution is -2.45. The first-order valence-corrected chi connectivity index (χ1v) is 8.28. The topological polar surface area (TPSA) is 75.3 Å². The molecule has 0 aliphatic carbocycles. The van der Waals surface area contributed by atoms with Crippen LogP contribution < -0.4 is 10.6 Å². The van der Waals surface area contributed by atoms with Gasteiger partial charge in [0, 0.05) is 32.2 Å². The molecule has 6 nitrogen and oxygen atoms in total. The summed E-state index contributed by atoms with van der Waals surface area (Å²) in [7, 11) is 0. The lowest BCUT2D eigenvalue weighted by Gasteiger charge is -2.34. The molecule has 2 fully saturated rings. The molecule has 0 radical (unpaired) electrons. The molecule has 0 unspecified atom stereocenters. The maximum Gasteiger partial charge on any atom is 0.274 e. The highest BCUT2D eigenvalue weighted by molar-refractivity contribution is 5.92. The van der Waals surface area contributed by atoms with Gasteiger partial charge in [-0.15, -0.1) is 10.2 Å². The van der Waals surface area contributed by atoms with E-state index in [0.717, 1.165) is 44.8 Å². The van der Waals surface area contributed by atoms with Gasteiger partial charge in [-0.1, -0.05) is 0 Å². The summed E-state index contributed by atoms with van der Waals surface area (Å²) in [5.41, 5.74) is 6.42. The van der Waals surface area contributed by atoms with E-state index in [1.54, 1.807) is 6.07 Å². The lowest BCUT2D eigenvalue weighted by molar-refractivity contribution is 0.0654. The number of rotatable bonds is 3. The molecule has 0 bridgehead atoms. The van der Waals surface area contributed by atoms with E-state index in [9.17, 15) is 4.79 Å². The molecule has 22 heavy (non-hydrogen) atoms. The number of carbonyl (C=O) groups is 1. The smallest absolute Gasteiger partial charge is 0.274 e. The second kappa shape index (κ2) is 6.60. The molecule has 2 aliphatic rings. The zero-order chi connectivity index (χ0) is 15.5. The molecule has 1 aromatic rings. The second-order valence-corrected chi connectivity index (χ2v) is 6.48. The van der Waals surface area contributed by atoms with Gasteiger partial charge in [0.15, 0.2) is 11.5 Å². The SMILES string of the molecule is C[C@@H](N)[C@@H]1CCCN(C(=O)c2ccc(N3CCCC3)nn2)C1. The second-order valence-electron chi connectivity index (χ2n) is 6.48. The van der Waals surface area contributed by atoms with Crippen LogP contribution in [0.3, 0.4) is 0 Å². The first kappa shape index (κ1) is 15.2. The van der Waals surface area contributed by atoms with Gasteiger partial charge < -0.3 is 15.5 Å². The van der Waals surface area contributed by atoms with Gasteiger partial charge >= 0.3 is 0 Å². The molecule has 2 N–H and O–H groups in total.